The first-order valence-corrected chi connectivity index (χ1v) is 7.24. The van der Waals surface area contributed by atoms with Crippen LogP contribution in [0.25, 0.3) is 0 Å². The fraction of sp³-hybridized carbons (Fsp3) is 0.357. The van der Waals surface area contributed by atoms with Crippen LogP contribution in [0.5, 0.6) is 11.8 Å². The maximum Gasteiger partial charge on any atom is 0.240 e. The van der Waals surface area contributed by atoms with E-state index in [0.717, 1.165) is 0 Å². The van der Waals surface area contributed by atoms with E-state index < -0.39 is 0 Å². The first kappa shape index (κ1) is 12.3. The van der Waals surface area contributed by atoms with Crippen molar-refractivity contribution in [2.45, 2.75) is 19.4 Å². The molecule has 2 heterocycles. The van der Waals surface area contributed by atoms with E-state index in [2.05, 4.69) is 4.98 Å². The molecule has 5 heteroatoms. The van der Waals surface area contributed by atoms with Crippen LogP contribution < -0.4 is 15.2 Å². The number of anilines is 1. The molecular weight excluding hydrogens is 260 g/mol. The molecule has 0 radical (unpaired) electrons. The Kier molecular flexibility index (Phi) is 3.55. The third kappa shape index (κ3) is 3.38. The highest BCUT2D eigenvalue weighted by Gasteiger charge is 2.22. The van der Waals surface area contributed by atoms with Gasteiger partial charge in [0.05, 0.1) is 12.3 Å². The molecule has 1 aliphatic rings. The molecular formula is C14H16N2O2S. The molecule has 1 fully saturated rings. The summed E-state index contributed by atoms with van der Waals surface area (Å²) in [6.07, 6.45) is 2.49. The fourth-order valence-corrected chi connectivity index (χ4v) is 2.27. The van der Waals surface area contributed by atoms with Crippen LogP contribution in [0.15, 0.2) is 29.6 Å². The zero-order valence-corrected chi connectivity index (χ0v) is 11.4. The van der Waals surface area contributed by atoms with Crippen LogP contribution in [0.2, 0.25) is 0 Å². The molecule has 4 nitrogen and oxygen atoms in total. The Balaban J connectivity index is 1.62. The average molecular weight is 276 g/mol. The van der Waals surface area contributed by atoms with Gasteiger partial charge in [-0.3, -0.25) is 0 Å². The van der Waals surface area contributed by atoms with Gasteiger partial charge in [-0.2, -0.15) is 4.98 Å². The van der Waals surface area contributed by atoms with Crippen molar-refractivity contribution in [1.82, 2.24) is 4.98 Å². The Morgan fingerprint density at radius 2 is 2.16 bits per heavy atom. The third-order valence-electron chi connectivity index (χ3n) is 2.96. The van der Waals surface area contributed by atoms with Crippen LogP contribution in [-0.4, -0.2) is 11.6 Å². The van der Waals surface area contributed by atoms with Gasteiger partial charge in [-0.25, -0.2) is 0 Å². The average Bonchev–Trinajstić information content (AvgIpc) is 3.10. The van der Waals surface area contributed by atoms with Crippen molar-refractivity contribution in [3.63, 3.8) is 0 Å². The van der Waals surface area contributed by atoms with Crippen LogP contribution in [0, 0.1) is 5.92 Å². The van der Waals surface area contributed by atoms with Crippen molar-refractivity contribution in [3.8, 4) is 11.8 Å². The highest BCUT2D eigenvalue weighted by Crippen LogP contribution is 2.31. The lowest BCUT2D eigenvalue weighted by atomic mass is 10.4. The molecule has 1 saturated carbocycles. The lowest BCUT2D eigenvalue weighted by molar-refractivity contribution is 0.268. The van der Waals surface area contributed by atoms with Gasteiger partial charge in [-0.1, -0.05) is 6.07 Å². The summed E-state index contributed by atoms with van der Waals surface area (Å²) >= 11 is 1.66. The predicted molar refractivity (Wildman–Crippen MR) is 75.5 cm³/mol. The highest BCUT2D eigenvalue weighted by molar-refractivity contribution is 7.09. The minimum atomic E-state index is 0.482. The topological polar surface area (TPSA) is 57.4 Å². The van der Waals surface area contributed by atoms with Gasteiger partial charge in [-0.15, -0.1) is 11.3 Å². The number of rotatable bonds is 6. The molecule has 100 valence electrons. The lowest BCUT2D eigenvalue weighted by Gasteiger charge is -2.09. The van der Waals surface area contributed by atoms with Crippen LogP contribution >= 0.6 is 11.3 Å². The molecule has 2 aromatic heterocycles. The SMILES string of the molecule is Nc1ccc(OCc2cccs2)nc1OCC1CC1. The molecule has 0 bridgehead atoms. The van der Waals surface area contributed by atoms with Crippen molar-refractivity contribution in [1.29, 1.82) is 0 Å². The van der Waals surface area contributed by atoms with E-state index in [-0.39, 0.29) is 0 Å². The Morgan fingerprint density at radius 3 is 2.89 bits per heavy atom. The molecule has 0 saturated heterocycles. The second-order valence-electron chi connectivity index (χ2n) is 4.67. The molecule has 2 aromatic rings. The van der Waals surface area contributed by atoms with Crippen LogP contribution in [0.1, 0.15) is 17.7 Å². The fourth-order valence-electron chi connectivity index (χ4n) is 1.65. The number of ether oxygens (including phenoxy) is 2. The van der Waals surface area contributed by atoms with Crippen molar-refractivity contribution < 1.29 is 9.47 Å². The van der Waals surface area contributed by atoms with Crippen molar-refractivity contribution in [3.05, 3.63) is 34.5 Å². The number of nitrogen functional groups attached to an aromatic ring is 1. The summed E-state index contributed by atoms with van der Waals surface area (Å²) in [5.74, 6) is 1.71. The quantitative estimate of drug-likeness (QED) is 0.880. The van der Waals surface area contributed by atoms with E-state index in [4.69, 9.17) is 15.2 Å². The second kappa shape index (κ2) is 5.48. The molecule has 0 atom stereocenters. The van der Waals surface area contributed by atoms with Gasteiger partial charge in [0.2, 0.25) is 11.8 Å². The summed E-state index contributed by atoms with van der Waals surface area (Å²) in [7, 11) is 0. The molecule has 1 aliphatic carbocycles. The minimum Gasteiger partial charge on any atom is -0.476 e. The first-order chi connectivity index (χ1) is 9.31. The van der Waals surface area contributed by atoms with Crippen LogP contribution in [0.3, 0.4) is 0 Å². The second-order valence-corrected chi connectivity index (χ2v) is 5.70. The normalized spacial score (nSPS) is 14.3. The first-order valence-electron chi connectivity index (χ1n) is 6.36. The number of nitrogens with zero attached hydrogens (tertiary/aromatic N) is 1. The monoisotopic (exact) mass is 276 g/mol. The van der Waals surface area contributed by atoms with E-state index in [1.54, 1.807) is 23.5 Å². The Labute approximate surface area is 116 Å². The molecule has 3 rings (SSSR count). The number of nitrogens with two attached hydrogens (primary N) is 1. The van der Waals surface area contributed by atoms with Gasteiger partial charge >= 0.3 is 0 Å². The van der Waals surface area contributed by atoms with Gasteiger partial charge < -0.3 is 15.2 Å². The summed E-state index contributed by atoms with van der Waals surface area (Å²) in [5.41, 5.74) is 6.41. The number of aromatic nitrogens is 1. The lowest BCUT2D eigenvalue weighted by Crippen LogP contribution is -2.05. The number of thiophene rings is 1. The number of hydrogen-bond acceptors (Lipinski definition) is 5. The molecule has 0 spiro atoms. The minimum absolute atomic E-state index is 0.482. The van der Waals surface area contributed by atoms with Gasteiger partial charge in [0.25, 0.3) is 0 Å². The van der Waals surface area contributed by atoms with Crippen molar-refractivity contribution >= 4 is 17.0 Å². The summed E-state index contributed by atoms with van der Waals surface area (Å²) < 4.78 is 11.3. The van der Waals surface area contributed by atoms with E-state index >= 15 is 0 Å². The van der Waals surface area contributed by atoms with E-state index in [1.165, 1.54) is 17.7 Å². The zero-order chi connectivity index (χ0) is 13.1. The molecule has 0 amide bonds. The van der Waals surface area contributed by atoms with Crippen molar-refractivity contribution in [2.75, 3.05) is 12.3 Å². The molecule has 2 N–H and O–H groups in total. The predicted octanol–water partition coefficient (Wildman–Crippen LogP) is 3.09. The van der Waals surface area contributed by atoms with Gasteiger partial charge in [0.15, 0.2) is 0 Å². The largest absolute Gasteiger partial charge is 0.476 e. The Morgan fingerprint density at radius 1 is 1.26 bits per heavy atom. The maximum atomic E-state index is 5.85. The van der Waals surface area contributed by atoms with Crippen LogP contribution in [0.4, 0.5) is 5.69 Å². The highest BCUT2D eigenvalue weighted by atomic mass is 32.1. The maximum absolute atomic E-state index is 5.85. The van der Waals surface area contributed by atoms with E-state index in [9.17, 15) is 0 Å². The Hall–Kier alpha value is -1.75. The number of pyridine rings is 1. The summed E-state index contributed by atoms with van der Waals surface area (Å²) in [4.78, 5) is 5.47. The van der Waals surface area contributed by atoms with E-state index in [0.29, 0.717) is 36.6 Å². The molecule has 0 unspecified atom stereocenters. The summed E-state index contributed by atoms with van der Waals surface area (Å²) in [6, 6.07) is 7.59. The van der Waals surface area contributed by atoms with Gasteiger partial charge in [-0.05, 0) is 36.3 Å². The van der Waals surface area contributed by atoms with Gasteiger partial charge in [0, 0.05) is 10.9 Å². The van der Waals surface area contributed by atoms with Crippen molar-refractivity contribution in [2.24, 2.45) is 5.92 Å². The standard InChI is InChI=1S/C14H16N2O2S/c15-12-5-6-13(17-9-11-2-1-7-19-11)16-14(12)18-8-10-3-4-10/h1-2,5-7,10H,3-4,8-9,15H2. The summed E-state index contributed by atoms with van der Waals surface area (Å²) in [5, 5.41) is 2.03. The third-order valence-corrected chi connectivity index (χ3v) is 3.81. The Bertz CT molecular complexity index is 538. The molecule has 19 heavy (non-hydrogen) atoms. The smallest absolute Gasteiger partial charge is 0.240 e. The zero-order valence-electron chi connectivity index (χ0n) is 10.5. The molecule has 0 aliphatic heterocycles. The van der Waals surface area contributed by atoms with Gasteiger partial charge in [0.1, 0.15) is 6.61 Å². The van der Waals surface area contributed by atoms with Crippen LogP contribution in [-0.2, 0) is 6.61 Å². The number of hydrogen-bond donors (Lipinski definition) is 1. The summed E-state index contributed by atoms with van der Waals surface area (Å²) in [6.45, 7) is 1.22. The van der Waals surface area contributed by atoms with E-state index in [1.807, 2.05) is 17.5 Å². The molecule has 0 aromatic carbocycles.